The highest BCUT2D eigenvalue weighted by molar-refractivity contribution is 5.84. The van der Waals surface area contributed by atoms with Crippen molar-refractivity contribution in [1.29, 1.82) is 0 Å². The number of hydrogen-bond acceptors (Lipinski definition) is 6. The Hall–Kier alpha value is -1.89. The van der Waals surface area contributed by atoms with E-state index in [1.807, 2.05) is 0 Å². The Bertz CT molecular complexity index is 439. The van der Waals surface area contributed by atoms with Crippen molar-refractivity contribution in [2.75, 3.05) is 31.3 Å². The van der Waals surface area contributed by atoms with E-state index in [1.54, 1.807) is 14.0 Å². The third-order valence-corrected chi connectivity index (χ3v) is 2.83. The van der Waals surface area contributed by atoms with E-state index in [4.69, 9.17) is 10.5 Å². The number of carbonyl (C=O) groups excluding carboxylic acids is 1. The van der Waals surface area contributed by atoms with E-state index >= 15 is 0 Å². The van der Waals surface area contributed by atoms with Gasteiger partial charge in [-0.3, -0.25) is 4.79 Å². The Morgan fingerprint density at radius 3 is 2.90 bits per heavy atom. The molecule has 0 spiro atoms. The molecule has 0 aromatic carbocycles. The van der Waals surface area contributed by atoms with Gasteiger partial charge in [-0.05, 0) is 13.3 Å². The minimum atomic E-state index is -0.406. The average Bonchev–Trinajstić information content (AvgIpc) is 2.42. The molecule has 0 saturated heterocycles. The summed E-state index contributed by atoms with van der Waals surface area (Å²) in [4.78, 5) is 20.0. The summed E-state index contributed by atoms with van der Waals surface area (Å²) in [5, 5.41) is 5.85. The van der Waals surface area contributed by atoms with Gasteiger partial charge in [0.2, 0.25) is 5.91 Å². The molecular formula is C13H23N5O2. The molecule has 0 aliphatic carbocycles. The van der Waals surface area contributed by atoms with Crippen molar-refractivity contribution in [2.24, 2.45) is 0 Å². The van der Waals surface area contributed by atoms with E-state index < -0.39 is 6.04 Å². The molecule has 1 heterocycles. The van der Waals surface area contributed by atoms with Crippen molar-refractivity contribution in [2.45, 2.75) is 32.7 Å². The molecule has 7 heteroatoms. The summed E-state index contributed by atoms with van der Waals surface area (Å²) in [6.07, 6.45) is 3.10. The summed E-state index contributed by atoms with van der Waals surface area (Å²) < 4.78 is 4.88. The van der Waals surface area contributed by atoms with Crippen LogP contribution in [-0.2, 0) is 16.0 Å². The van der Waals surface area contributed by atoms with Crippen LogP contribution in [0.5, 0.6) is 0 Å². The number of nitrogens with zero attached hydrogens (tertiary/aromatic N) is 2. The highest BCUT2D eigenvalue weighted by atomic mass is 16.5. The molecule has 0 saturated carbocycles. The van der Waals surface area contributed by atoms with E-state index in [9.17, 15) is 4.79 Å². The van der Waals surface area contributed by atoms with E-state index in [0.29, 0.717) is 24.8 Å². The third-order valence-electron chi connectivity index (χ3n) is 2.83. The Kier molecular flexibility index (Phi) is 6.72. The van der Waals surface area contributed by atoms with Gasteiger partial charge in [-0.1, -0.05) is 13.3 Å². The van der Waals surface area contributed by atoms with Gasteiger partial charge in [-0.15, -0.1) is 0 Å². The Balaban J connectivity index is 2.67. The van der Waals surface area contributed by atoms with Crippen LogP contribution in [0.1, 0.15) is 25.8 Å². The first kappa shape index (κ1) is 16.2. The number of nitrogens with one attached hydrogen (secondary N) is 2. The summed E-state index contributed by atoms with van der Waals surface area (Å²) in [6.45, 7) is 4.79. The number of anilines is 2. The maximum Gasteiger partial charge on any atom is 0.242 e. The van der Waals surface area contributed by atoms with Crippen molar-refractivity contribution in [3.63, 3.8) is 0 Å². The zero-order valence-electron chi connectivity index (χ0n) is 12.3. The summed E-state index contributed by atoms with van der Waals surface area (Å²) in [6, 6.07) is -0.406. The van der Waals surface area contributed by atoms with Crippen molar-refractivity contribution in [3.05, 3.63) is 11.9 Å². The molecule has 1 rings (SSSR count). The zero-order valence-corrected chi connectivity index (χ0v) is 12.3. The topological polar surface area (TPSA) is 102 Å². The largest absolute Gasteiger partial charge is 0.383 e. The second kappa shape index (κ2) is 8.31. The van der Waals surface area contributed by atoms with Gasteiger partial charge in [-0.2, -0.15) is 0 Å². The normalized spacial score (nSPS) is 11.9. The van der Waals surface area contributed by atoms with Crippen LogP contribution in [0.15, 0.2) is 6.33 Å². The number of hydrogen-bond donors (Lipinski definition) is 3. The van der Waals surface area contributed by atoms with Crippen molar-refractivity contribution in [1.82, 2.24) is 15.3 Å². The molecule has 20 heavy (non-hydrogen) atoms. The fourth-order valence-corrected chi connectivity index (χ4v) is 1.75. The first-order valence-corrected chi connectivity index (χ1v) is 6.72. The number of rotatable bonds is 8. The van der Waals surface area contributed by atoms with Crippen molar-refractivity contribution < 1.29 is 9.53 Å². The van der Waals surface area contributed by atoms with Gasteiger partial charge in [0.15, 0.2) is 0 Å². The first-order chi connectivity index (χ1) is 9.60. The number of nitrogen functional groups attached to an aromatic ring is 1. The molecule has 4 N–H and O–H groups in total. The molecule has 7 nitrogen and oxygen atoms in total. The lowest BCUT2D eigenvalue weighted by Crippen LogP contribution is -2.39. The number of amides is 1. The van der Waals surface area contributed by atoms with Crippen molar-refractivity contribution >= 4 is 17.5 Å². The van der Waals surface area contributed by atoms with Crippen LogP contribution in [0, 0.1) is 0 Å². The SMILES string of the molecule is CCCc1c(N)ncnc1NC(C)C(=O)NCCOC. The van der Waals surface area contributed by atoms with Crippen LogP contribution in [0.4, 0.5) is 11.6 Å². The Labute approximate surface area is 119 Å². The molecule has 0 radical (unpaired) electrons. The van der Waals surface area contributed by atoms with Crippen LogP contribution in [0.2, 0.25) is 0 Å². The van der Waals surface area contributed by atoms with E-state index in [-0.39, 0.29) is 5.91 Å². The molecule has 1 unspecified atom stereocenters. The van der Waals surface area contributed by atoms with E-state index in [2.05, 4.69) is 27.5 Å². The van der Waals surface area contributed by atoms with Gasteiger partial charge in [0.05, 0.1) is 6.61 Å². The molecular weight excluding hydrogens is 258 g/mol. The molecule has 0 fully saturated rings. The van der Waals surface area contributed by atoms with Crippen LogP contribution in [0.25, 0.3) is 0 Å². The van der Waals surface area contributed by atoms with Crippen LogP contribution in [0.3, 0.4) is 0 Å². The van der Waals surface area contributed by atoms with Gasteiger partial charge in [0.25, 0.3) is 0 Å². The molecule has 0 bridgehead atoms. The minimum absolute atomic E-state index is 0.110. The number of methoxy groups -OCH3 is 1. The second-order valence-electron chi connectivity index (χ2n) is 4.49. The average molecular weight is 281 g/mol. The lowest BCUT2D eigenvalue weighted by molar-refractivity contribution is -0.121. The fourth-order valence-electron chi connectivity index (χ4n) is 1.75. The van der Waals surface area contributed by atoms with E-state index in [0.717, 1.165) is 18.4 Å². The molecule has 0 aliphatic rings. The maximum absolute atomic E-state index is 11.9. The molecule has 0 aliphatic heterocycles. The fraction of sp³-hybridized carbons (Fsp3) is 0.615. The smallest absolute Gasteiger partial charge is 0.242 e. The van der Waals surface area contributed by atoms with Crippen LogP contribution in [-0.4, -0.2) is 42.2 Å². The number of carbonyl (C=O) groups is 1. The zero-order chi connectivity index (χ0) is 15.0. The van der Waals surface area contributed by atoms with Gasteiger partial charge < -0.3 is 21.1 Å². The Morgan fingerprint density at radius 1 is 1.50 bits per heavy atom. The number of ether oxygens (including phenoxy) is 1. The number of nitrogens with two attached hydrogens (primary N) is 1. The van der Waals surface area contributed by atoms with Gasteiger partial charge >= 0.3 is 0 Å². The summed E-state index contributed by atoms with van der Waals surface area (Å²) in [5.74, 6) is 0.965. The lowest BCUT2D eigenvalue weighted by Gasteiger charge is -2.17. The summed E-state index contributed by atoms with van der Waals surface area (Å²) in [7, 11) is 1.59. The molecule has 1 aromatic rings. The van der Waals surface area contributed by atoms with Gasteiger partial charge in [0, 0.05) is 19.2 Å². The molecule has 1 atom stereocenters. The lowest BCUT2D eigenvalue weighted by atomic mass is 10.1. The highest BCUT2D eigenvalue weighted by Gasteiger charge is 2.16. The van der Waals surface area contributed by atoms with Crippen LogP contribution >= 0.6 is 0 Å². The predicted octanol–water partition coefficient (Wildman–Crippen LogP) is 0.574. The van der Waals surface area contributed by atoms with Crippen LogP contribution < -0.4 is 16.4 Å². The summed E-state index contributed by atoms with van der Waals surface area (Å²) >= 11 is 0. The third kappa shape index (κ3) is 4.65. The highest BCUT2D eigenvalue weighted by Crippen LogP contribution is 2.19. The number of aromatic nitrogens is 2. The Morgan fingerprint density at radius 2 is 2.25 bits per heavy atom. The monoisotopic (exact) mass is 281 g/mol. The quantitative estimate of drug-likeness (QED) is 0.602. The molecule has 112 valence electrons. The van der Waals surface area contributed by atoms with Gasteiger partial charge in [-0.25, -0.2) is 9.97 Å². The standard InChI is InChI=1S/C13H23N5O2/c1-4-5-10-11(14)16-8-17-12(10)18-9(2)13(19)15-6-7-20-3/h8-9H,4-7H2,1-3H3,(H,15,19)(H3,14,16,17,18). The first-order valence-electron chi connectivity index (χ1n) is 6.72. The molecule has 1 aromatic heterocycles. The minimum Gasteiger partial charge on any atom is -0.383 e. The predicted molar refractivity (Wildman–Crippen MR) is 78.4 cm³/mol. The van der Waals surface area contributed by atoms with Gasteiger partial charge in [0.1, 0.15) is 24.0 Å². The van der Waals surface area contributed by atoms with Crippen molar-refractivity contribution in [3.8, 4) is 0 Å². The molecule has 1 amide bonds. The maximum atomic E-state index is 11.9. The van der Waals surface area contributed by atoms with E-state index in [1.165, 1.54) is 6.33 Å². The second-order valence-corrected chi connectivity index (χ2v) is 4.49. The summed E-state index contributed by atoms with van der Waals surface area (Å²) in [5.41, 5.74) is 6.70.